The normalized spacial score (nSPS) is 18.9. The van der Waals surface area contributed by atoms with Gasteiger partial charge in [0, 0.05) is 13.2 Å². The number of ether oxygens (including phenoxy) is 1. The van der Waals surface area contributed by atoms with Crippen LogP contribution in [0.1, 0.15) is 23.2 Å². The summed E-state index contributed by atoms with van der Waals surface area (Å²) in [5.41, 5.74) is 0.212. The maximum atomic E-state index is 12.0. The highest BCUT2D eigenvalue weighted by molar-refractivity contribution is 6.46. The van der Waals surface area contributed by atoms with Crippen molar-refractivity contribution in [3.8, 4) is 0 Å². The van der Waals surface area contributed by atoms with Gasteiger partial charge in [0.25, 0.3) is 5.91 Å². The van der Waals surface area contributed by atoms with Gasteiger partial charge in [-0.3, -0.25) is 4.79 Å². The van der Waals surface area contributed by atoms with Crippen molar-refractivity contribution >= 4 is 40.7 Å². The summed E-state index contributed by atoms with van der Waals surface area (Å²) in [5.74, 6) is -0.331. The molecule has 0 unspecified atom stereocenters. The summed E-state index contributed by atoms with van der Waals surface area (Å²) in [5, 5.41) is 3.53. The minimum atomic E-state index is -0.331. The summed E-state index contributed by atoms with van der Waals surface area (Å²) < 4.78 is 5.42. The first-order chi connectivity index (χ1) is 8.59. The Morgan fingerprint density at radius 3 is 2.72 bits per heavy atom. The molecule has 1 heterocycles. The number of carbonyl (C=O) groups excluding carboxylic acids is 1. The van der Waals surface area contributed by atoms with Crippen LogP contribution in [0.2, 0.25) is 15.1 Å². The number of carbonyl (C=O) groups is 1. The van der Waals surface area contributed by atoms with E-state index in [1.54, 1.807) is 12.1 Å². The number of benzene rings is 1. The Labute approximate surface area is 120 Å². The van der Waals surface area contributed by atoms with Gasteiger partial charge in [0.1, 0.15) is 0 Å². The lowest BCUT2D eigenvalue weighted by molar-refractivity contribution is 0.0858. The zero-order valence-electron chi connectivity index (χ0n) is 9.51. The maximum absolute atomic E-state index is 12.0. The maximum Gasteiger partial charge on any atom is 0.254 e. The van der Waals surface area contributed by atoms with E-state index in [1.165, 1.54) is 0 Å². The molecular weight excluding hydrogens is 296 g/mol. The van der Waals surface area contributed by atoms with Gasteiger partial charge in [-0.05, 0) is 25.0 Å². The van der Waals surface area contributed by atoms with Crippen molar-refractivity contribution < 1.29 is 9.53 Å². The molecule has 0 bridgehead atoms. The molecule has 1 aromatic rings. The summed E-state index contributed by atoms with van der Waals surface area (Å²) in [6.45, 7) is 1.21. The molecule has 1 fully saturated rings. The van der Waals surface area contributed by atoms with Crippen molar-refractivity contribution in [2.24, 2.45) is 0 Å². The summed E-state index contributed by atoms with van der Waals surface area (Å²) in [6, 6.07) is 3.11. The summed E-state index contributed by atoms with van der Waals surface area (Å²) in [7, 11) is 0. The predicted molar refractivity (Wildman–Crippen MR) is 72.8 cm³/mol. The van der Waals surface area contributed by atoms with E-state index in [0.717, 1.165) is 19.4 Å². The fraction of sp³-hybridized carbons (Fsp3) is 0.417. The van der Waals surface area contributed by atoms with Crippen LogP contribution in [-0.2, 0) is 4.74 Å². The molecule has 98 valence electrons. The van der Waals surface area contributed by atoms with Crippen LogP contribution in [-0.4, -0.2) is 25.2 Å². The lowest BCUT2D eigenvalue weighted by Gasteiger charge is -2.12. The fourth-order valence-corrected chi connectivity index (χ4v) is 2.54. The Bertz CT molecular complexity index is 459. The van der Waals surface area contributed by atoms with E-state index in [9.17, 15) is 4.79 Å². The van der Waals surface area contributed by atoms with Gasteiger partial charge in [0.05, 0.1) is 26.7 Å². The van der Waals surface area contributed by atoms with E-state index in [1.807, 2.05) is 0 Å². The molecule has 0 radical (unpaired) electrons. The molecule has 1 saturated heterocycles. The van der Waals surface area contributed by atoms with E-state index < -0.39 is 0 Å². The molecule has 1 atom stereocenters. The zero-order chi connectivity index (χ0) is 13.1. The van der Waals surface area contributed by atoms with E-state index >= 15 is 0 Å². The van der Waals surface area contributed by atoms with E-state index in [0.29, 0.717) is 11.6 Å². The van der Waals surface area contributed by atoms with Gasteiger partial charge in [-0.15, -0.1) is 0 Å². The number of nitrogens with one attached hydrogen (secondary N) is 1. The van der Waals surface area contributed by atoms with Gasteiger partial charge in [-0.25, -0.2) is 0 Å². The average Bonchev–Trinajstić information content (AvgIpc) is 2.85. The lowest BCUT2D eigenvalue weighted by atomic mass is 10.2. The molecule has 1 N–H and O–H groups in total. The smallest absolute Gasteiger partial charge is 0.254 e. The van der Waals surface area contributed by atoms with Crippen LogP contribution in [0.5, 0.6) is 0 Å². The molecule has 0 aliphatic carbocycles. The van der Waals surface area contributed by atoms with Crippen LogP contribution in [0.3, 0.4) is 0 Å². The quantitative estimate of drug-likeness (QED) is 0.867. The van der Waals surface area contributed by atoms with Gasteiger partial charge >= 0.3 is 0 Å². The minimum Gasteiger partial charge on any atom is -0.376 e. The van der Waals surface area contributed by atoms with E-state index in [4.69, 9.17) is 39.5 Å². The van der Waals surface area contributed by atoms with Gasteiger partial charge in [0.2, 0.25) is 0 Å². The molecule has 0 aromatic heterocycles. The van der Waals surface area contributed by atoms with Gasteiger partial charge < -0.3 is 10.1 Å². The first kappa shape index (κ1) is 13.9. The Hall–Kier alpha value is -0.480. The second-order valence-electron chi connectivity index (χ2n) is 4.06. The monoisotopic (exact) mass is 307 g/mol. The minimum absolute atomic E-state index is 0.0747. The largest absolute Gasteiger partial charge is 0.376 e. The van der Waals surface area contributed by atoms with Gasteiger partial charge in [0.15, 0.2) is 0 Å². The lowest BCUT2D eigenvalue weighted by Crippen LogP contribution is -2.32. The topological polar surface area (TPSA) is 38.3 Å². The number of halogens is 3. The Balaban J connectivity index is 2.06. The highest BCUT2D eigenvalue weighted by atomic mass is 35.5. The molecule has 1 aromatic carbocycles. The van der Waals surface area contributed by atoms with Crippen LogP contribution < -0.4 is 5.32 Å². The van der Waals surface area contributed by atoms with Crippen LogP contribution in [0.25, 0.3) is 0 Å². The highest BCUT2D eigenvalue weighted by Gasteiger charge is 2.20. The second-order valence-corrected chi connectivity index (χ2v) is 5.26. The summed E-state index contributed by atoms with van der Waals surface area (Å²) in [4.78, 5) is 12.0. The standard InChI is InChI=1S/C12H12Cl3NO2/c13-8-3-4-9(14)11(15)10(8)12(17)16-6-7-2-1-5-18-7/h3-4,7H,1-2,5-6H2,(H,16,17)/t7-/m0/s1. The van der Waals surface area contributed by atoms with Crippen molar-refractivity contribution in [2.75, 3.05) is 13.2 Å². The van der Waals surface area contributed by atoms with Crippen molar-refractivity contribution in [1.82, 2.24) is 5.32 Å². The van der Waals surface area contributed by atoms with Crippen LogP contribution in [0.4, 0.5) is 0 Å². The van der Waals surface area contributed by atoms with Crippen molar-refractivity contribution in [3.63, 3.8) is 0 Å². The third kappa shape index (κ3) is 3.09. The molecule has 1 aliphatic heterocycles. The Morgan fingerprint density at radius 2 is 2.06 bits per heavy atom. The predicted octanol–water partition coefficient (Wildman–Crippen LogP) is 3.56. The fourth-order valence-electron chi connectivity index (χ4n) is 1.84. The SMILES string of the molecule is O=C(NC[C@@H]1CCCO1)c1c(Cl)ccc(Cl)c1Cl. The second kappa shape index (κ2) is 6.11. The summed E-state index contributed by atoms with van der Waals surface area (Å²) in [6.07, 6.45) is 2.06. The molecule has 1 amide bonds. The molecule has 1 aliphatic rings. The number of hydrogen-bond acceptors (Lipinski definition) is 2. The molecule has 18 heavy (non-hydrogen) atoms. The van der Waals surface area contributed by atoms with E-state index in [-0.39, 0.29) is 27.6 Å². The number of amides is 1. The average molecular weight is 309 g/mol. The molecule has 6 heteroatoms. The highest BCUT2D eigenvalue weighted by Crippen LogP contribution is 2.31. The van der Waals surface area contributed by atoms with Crippen LogP contribution >= 0.6 is 34.8 Å². The molecule has 0 spiro atoms. The molecule has 2 rings (SSSR count). The summed E-state index contributed by atoms with van der Waals surface area (Å²) >= 11 is 17.8. The van der Waals surface area contributed by atoms with Crippen molar-refractivity contribution in [1.29, 1.82) is 0 Å². The number of rotatable bonds is 3. The Morgan fingerprint density at radius 1 is 1.33 bits per heavy atom. The van der Waals surface area contributed by atoms with E-state index in [2.05, 4.69) is 5.32 Å². The van der Waals surface area contributed by atoms with Crippen molar-refractivity contribution in [2.45, 2.75) is 18.9 Å². The Kier molecular flexibility index (Phi) is 4.73. The first-order valence-electron chi connectivity index (χ1n) is 5.63. The molecule has 0 saturated carbocycles. The zero-order valence-corrected chi connectivity index (χ0v) is 11.8. The molecule has 3 nitrogen and oxygen atoms in total. The first-order valence-corrected chi connectivity index (χ1v) is 6.76. The van der Waals surface area contributed by atoms with Gasteiger partial charge in [-0.2, -0.15) is 0 Å². The number of hydrogen-bond donors (Lipinski definition) is 1. The van der Waals surface area contributed by atoms with Crippen LogP contribution in [0.15, 0.2) is 12.1 Å². The van der Waals surface area contributed by atoms with Gasteiger partial charge in [-0.1, -0.05) is 34.8 Å². The molecular formula is C12H12Cl3NO2. The third-order valence-electron chi connectivity index (χ3n) is 2.79. The third-order valence-corrected chi connectivity index (χ3v) is 3.90. The van der Waals surface area contributed by atoms with Crippen molar-refractivity contribution in [3.05, 3.63) is 32.8 Å². The van der Waals surface area contributed by atoms with Crippen LogP contribution in [0, 0.1) is 0 Å².